The van der Waals surface area contributed by atoms with Gasteiger partial charge in [-0.2, -0.15) is 5.10 Å². The average molecular weight is 392 g/mol. The maximum Gasteiger partial charge on any atom is 0.191 e. The molecule has 0 atom stereocenters. The molecule has 1 heterocycles. The molecule has 0 spiro atoms. The number of nitrogens with one attached hydrogen (secondary N) is 2. The van der Waals surface area contributed by atoms with Gasteiger partial charge in [0.05, 0.1) is 17.0 Å². The summed E-state index contributed by atoms with van der Waals surface area (Å²) in [5.41, 5.74) is 2.30. The number of guanidine groups is 1. The normalized spacial score (nSPS) is 12.8. The monoisotopic (exact) mass is 391 g/mol. The Balaban J connectivity index is 1.91. The van der Waals surface area contributed by atoms with Crippen LogP contribution in [0.1, 0.15) is 31.9 Å². The molecule has 0 unspecified atom stereocenters. The van der Waals surface area contributed by atoms with Gasteiger partial charge in [0.1, 0.15) is 0 Å². The zero-order chi connectivity index (χ0) is 19.9. The van der Waals surface area contributed by atoms with Crippen molar-refractivity contribution in [3.05, 3.63) is 53.9 Å². The summed E-state index contributed by atoms with van der Waals surface area (Å²) < 4.78 is 25.5. The molecule has 0 radical (unpaired) electrons. The summed E-state index contributed by atoms with van der Waals surface area (Å²) >= 11 is 0. The van der Waals surface area contributed by atoms with Gasteiger partial charge in [-0.25, -0.2) is 8.42 Å². The van der Waals surface area contributed by atoms with E-state index in [2.05, 4.69) is 32.9 Å². The van der Waals surface area contributed by atoms with E-state index in [4.69, 9.17) is 0 Å². The first-order chi connectivity index (χ1) is 12.7. The van der Waals surface area contributed by atoms with Crippen molar-refractivity contribution in [1.29, 1.82) is 0 Å². The van der Waals surface area contributed by atoms with E-state index in [1.54, 1.807) is 34.0 Å². The number of aliphatic imine (C=N–C) groups is 1. The number of hydrogen-bond donors (Lipinski definition) is 2. The number of rotatable bonds is 7. The van der Waals surface area contributed by atoms with Gasteiger partial charge in [-0.15, -0.1) is 0 Å². The molecule has 0 saturated carbocycles. The second-order valence-corrected chi connectivity index (χ2v) is 10.1. The lowest BCUT2D eigenvalue weighted by Gasteiger charge is -2.20. The van der Waals surface area contributed by atoms with E-state index in [-0.39, 0.29) is 5.75 Å². The van der Waals surface area contributed by atoms with Crippen LogP contribution in [0.25, 0.3) is 0 Å². The van der Waals surface area contributed by atoms with Gasteiger partial charge in [-0.1, -0.05) is 24.3 Å². The molecule has 1 aromatic carbocycles. The maximum atomic E-state index is 12.2. The molecule has 1 aromatic heterocycles. The van der Waals surface area contributed by atoms with Crippen molar-refractivity contribution < 1.29 is 8.42 Å². The van der Waals surface area contributed by atoms with Gasteiger partial charge >= 0.3 is 0 Å². The molecule has 0 saturated heterocycles. The Bertz CT molecular complexity index is 852. The fraction of sp³-hybridized carbons (Fsp3) is 0.474. The van der Waals surface area contributed by atoms with E-state index in [1.165, 1.54) is 5.56 Å². The Morgan fingerprint density at radius 3 is 2.44 bits per heavy atom. The SMILES string of the molecule is CN=C(NCCS(=O)(=O)C(C)(C)C)NCc1ccccc1Cn1cccn1. The van der Waals surface area contributed by atoms with Crippen LogP contribution in [-0.4, -0.2) is 48.3 Å². The predicted octanol–water partition coefficient (Wildman–Crippen LogP) is 1.81. The van der Waals surface area contributed by atoms with Crippen LogP contribution in [0.5, 0.6) is 0 Å². The second kappa shape index (κ2) is 9.03. The molecule has 2 aromatic rings. The first kappa shape index (κ1) is 21.0. The van der Waals surface area contributed by atoms with Crippen molar-refractivity contribution >= 4 is 15.8 Å². The zero-order valence-corrected chi connectivity index (χ0v) is 17.3. The highest BCUT2D eigenvalue weighted by molar-refractivity contribution is 7.92. The summed E-state index contributed by atoms with van der Waals surface area (Å²) in [6.07, 6.45) is 3.69. The van der Waals surface area contributed by atoms with Gasteiger partial charge in [-0.3, -0.25) is 9.67 Å². The van der Waals surface area contributed by atoms with E-state index in [1.807, 2.05) is 29.1 Å². The van der Waals surface area contributed by atoms with E-state index < -0.39 is 14.6 Å². The molecule has 0 aliphatic rings. The quantitative estimate of drug-likeness (QED) is 0.555. The molecule has 0 aliphatic carbocycles. The third kappa shape index (κ3) is 6.09. The lowest BCUT2D eigenvalue weighted by molar-refractivity contribution is 0.559. The van der Waals surface area contributed by atoms with E-state index in [0.717, 1.165) is 5.56 Å². The van der Waals surface area contributed by atoms with Crippen LogP contribution in [0, 0.1) is 0 Å². The first-order valence-electron chi connectivity index (χ1n) is 8.94. The fourth-order valence-electron chi connectivity index (χ4n) is 2.46. The van der Waals surface area contributed by atoms with Crippen LogP contribution < -0.4 is 10.6 Å². The van der Waals surface area contributed by atoms with Crippen LogP contribution in [0.15, 0.2) is 47.7 Å². The summed E-state index contributed by atoms with van der Waals surface area (Å²) in [6, 6.07) is 10.0. The first-order valence-corrected chi connectivity index (χ1v) is 10.6. The zero-order valence-electron chi connectivity index (χ0n) is 16.4. The van der Waals surface area contributed by atoms with Crippen molar-refractivity contribution in [3.8, 4) is 0 Å². The molecule has 2 N–H and O–H groups in total. The Hall–Kier alpha value is -2.35. The Morgan fingerprint density at radius 1 is 1.15 bits per heavy atom. The van der Waals surface area contributed by atoms with Crippen LogP contribution in [0.3, 0.4) is 0 Å². The van der Waals surface area contributed by atoms with Crippen LogP contribution >= 0.6 is 0 Å². The number of benzene rings is 1. The van der Waals surface area contributed by atoms with Crippen molar-refractivity contribution in [2.75, 3.05) is 19.3 Å². The van der Waals surface area contributed by atoms with Crippen molar-refractivity contribution in [2.24, 2.45) is 4.99 Å². The molecule has 2 rings (SSSR count). The smallest absolute Gasteiger partial charge is 0.191 e. The van der Waals surface area contributed by atoms with Gasteiger partial charge in [0.2, 0.25) is 0 Å². The fourth-order valence-corrected chi connectivity index (χ4v) is 3.45. The highest BCUT2D eigenvalue weighted by Crippen LogP contribution is 2.15. The number of hydrogen-bond acceptors (Lipinski definition) is 4. The number of sulfone groups is 1. The maximum absolute atomic E-state index is 12.2. The lowest BCUT2D eigenvalue weighted by Crippen LogP contribution is -2.41. The topological polar surface area (TPSA) is 88.4 Å². The van der Waals surface area contributed by atoms with Crippen molar-refractivity contribution in [1.82, 2.24) is 20.4 Å². The third-order valence-corrected chi connectivity index (χ3v) is 6.88. The molecular formula is C19H29N5O2S. The molecule has 8 heteroatoms. The van der Waals surface area contributed by atoms with Crippen LogP contribution in [-0.2, 0) is 22.9 Å². The lowest BCUT2D eigenvalue weighted by atomic mass is 10.1. The number of aromatic nitrogens is 2. The molecule has 7 nitrogen and oxygen atoms in total. The van der Waals surface area contributed by atoms with Gasteiger partial charge in [0.15, 0.2) is 15.8 Å². The molecule has 0 fully saturated rings. The highest BCUT2D eigenvalue weighted by Gasteiger charge is 2.28. The largest absolute Gasteiger partial charge is 0.355 e. The van der Waals surface area contributed by atoms with Gasteiger partial charge in [0, 0.05) is 32.5 Å². The Labute approximate surface area is 161 Å². The summed E-state index contributed by atoms with van der Waals surface area (Å²) in [5, 5.41) is 10.6. The standard InChI is InChI=1S/C19H29N5O2S/c1-19(2,3)27(25,26)13-11-21-18(20-4)22-14-16-8-5-6-9-17(16)15-24-12-7-10-23-24/h5-10,12H,11,13-15H2,1-4H3,(H2,20,21,22). The minimum absolute atomic E-state index is 0.0626. The van der Waals surface area contributed by atoms with E-state index in [9.17, 15) is 8.42 Å². The van der Waals surface area contributed by atoms with Crippen LogP contribution in [0.4, 0.5) is 0 Å². The molecule has 0 amide bonds. The minimum Gasteiger partial charge on any atom is -0.355 e. The summed E-state index contributed by atoms with van der Waals surface area (Å²) in [4.78, 5) is 4.17. The molecule has 27 heavy (non-hydrogen) atoms. The number of nitrogens with zero attached hydrogens (tertiary/aromatic N) is 3. The predicted molar refractivity (Wildman–Crippen MR) is 110 cm³/mol. The second-order valence-electron chi connectivity index (χ2n) is 7.26. The third-order valence-electron chi connectivity index (χ3n) is 4.28. The van der Waals surface area contributed by atoms with Crippen LogP contribution in [0.2, 0.25) is 0 Å². The summed E-state index contributed by atoms with van der Waals surface area (Å²) in [7, 11) is -1.49. The Morgan fingerprint density at radius 2 is 1.85 bits per heavy atom. The van der Waals surface area contributed by atoms with Gasteiger partial charge in [-0.05, 0) is 38.0 Å². The summed E-state index contributed by atoms with van der Waals surface area (Å²) in [5.74, 6) is 0.639. The van der Waals surface area contributed by atoms with E-state index >= 15 is 0 Å². The van der Waals surface area contributed by atoms with Gasteiger partial charge in [0.25, 0.3) is 0 Å². The van der Waals surface area contributed by atoms with Gasteiger partial charge < -0.3 is 10.6 Å². The summed E-state index contributed by atoms with van der Waals surface area (Å²) in [6.45, 7) is 6.74. The minimum atomic E-state index is -3.16. The highest BCUT2D eigenvalue weighted by atomic mass is 32.2. The van der Waals surface area contributed by atoms with Crippen molar-refractivity contribution in [2.45, 2.75) is 38.6 Å². The molecule has 0 aliphatic heterocycles. The molecule has 0 bridgehead atoms. The molecule has 148 valence electrons. The Kier molecular flexibility index (Phi) is 7.01. The average Bonchev–Trinajstić information content (AvgIpc) is 3.11. The van der Waals surface area contributed by atoms with Crippen molar-refractivity contribution in [3.63, 3.8) is 0 Å². The van der Waals surface area contributed by atoms with E-state index in [0.29, 0.717) is 25.6 Å². The molecular weight excluding hydrogens is 362 g/mol.